The average Bonchev–Trinajstić information content (AvgIpc) is 2.55. The van der Waals surface area contributed by atoms with E-state index in [-0.39, 0.29) is 23.3 Å². The Bertz CT molecular complexity index is 579. The topological polar surface area (TPSA) is 77.9 Å². The molecule has 1 unspecified atom stereocenters. The Kier molecular flexibility index (Phi) is 6.04. The summed E-state index contributed by atoms with van der Waals surface area (Å²) in [4.78, 5) is 38.5. The third-order valence-corrected chi connectivity index (χ3v) is 4.69. The number of nitrogens with zero attached hydrogens (tertiary/aromatic N) is 2. The van der Waals surface area contributed by atoms with Crippen LogP contribution >= 0.6 is 11.8 Å². The van der Waals surface area contributed by atoms with E-state index in [0.717, 1.165) is 23.9 Å². The zero-order valence-electron chi connectivity index (χ0n) is 13.0. The fraction of sp³-hybridized carbons (Fsp3) is 0.438. The number of benzene rings is 1. The van der Waals surface area contributed by atoms with Gasteiger partial charge >= 0.3 is 5.97 Å². The molecule has 7 heteroatoms. The molecule has 0 saturated carbocycles. The Morgan fingerprint density at radius 1 is 1.30 bits per heavy atom. The monoisotopic (exact) mass is 336 g/mol. The predicted molar refractivity (Wildman–Crippen MR) is 89.5 cm³/mol. The molecule has 1 heterocycles. The molecule has 1 N–H and O–H groups in total. The zero-order chi connectivity index (χ0) is 16.8. The maximum absolute atomic E-state index is 12.7. The molecule has 23 heavy (non-hydrogen) atoms. The van der Waals surface area contributed by atoms with Gasteiger partial charge in [-0.25, -0.2) is 0 Å². The Morgan fingerprint density at radius 2 is 2.00 bits per heavy atom. The normalized spacial score (nSPS) is 17.9. The second-order valence-electron chi connectivity index (χ2n) is 5.37. The minimum absolute atomic E-state index is 0.0674. The van der Waals surface area contributed by atoms with E-state index in [0.29, 0.717) is 13.0 Å². The van der Waals surface area contributed by atoms with Gasteiger partial charge in [-0.1, -0.05) is 18.2 Å². The molecule has 0 radical (unpaired) electrons. The third kappa shape index (κ3) is 4.48. The second-order valence-corrected chi connectivity index (χ2v) is 6.36. The highest BCUT2D eigenvalue weighted by molar-refractivity contribution is 8.00. The van der Waals surface area contributed by atoms with E-state index in [1.54, 1.807) is 11.9 Å². The summed E-state index contributed by atoms with van der Waals surface area (Å²) in [6.07, 6.45) is 1.46. The molecule has 1 aromatic rings. The maximum atomic E-state index is 12.7. The van der Waals surface area contributed by atoms with Crippen LogP contribution < -0.4 is 4.90 Å². The van der Waals surface area contributed by atoms with Crippen molar-refractivity contribution in [3.8, 4) is 0 Å². The van der Waals surface area contributed by atoms with Gasteiger partial charge in [0.15, 0.2) is 0 Å². The van der Waals surface area contributed by atoms with E-state index in [1.165, 1.54) is 4.90 Å². The van der Waals surface area contributed by atoms with E-state index in [2.05, 4.69) is 0 Å². The highest BCUT2D eigenvalue weighted by atomic mass is 32.2. The number of carbonyl (C=O) groups is 3. The van der Waals surface area contributed by atoms with Crippen LogP contribution in [0.1, 0.15) is 12.8 Å². The van der Waals surface area contributed by atoms with Crippen LogP contribution in [0.15, 0.2) is 30.3 Å². The lowest BCUT2D eigenvalue weighted by Crippen LogP contribution is -2.53. The number of hydrogen-bond donors (Lipinski definition) is 1. The number of aliphatic carboxylic acids is 1. The van der Waals surface area contributed by atoms with Crippen molar-refractivity contribution in [2.24, 2.45) is 0 Å². The van der Waals surface area contributed by atoms with Crippen LogP contribution in [0.2, 0.25) is 0 Å². The number of amides is 2. The first-order valence-electron chi connectivity index (χ1n) is 7.42. The van der Waals surface area contributed by atoms with Gasteiger partial charge in [0.25, 0.3) is 0 Å². The van der Waals surface area contributed by atoms with Gasteiger partial charge < -0.3 is 14.9 Å². The summed E-state index contributed by atoms with van der Waals surface area (Å²) in [7, 11) is 1.61. The minimum Gasteiger partial charge on any atom is -0.481 e. The van der Waals surface area contributed by atoms with Gasteiger partial charge in [0.1, 0.15) is 6.04 Å². The van der Waals surface area contributed by atoms with Crippen molar-refractivity contribution in [3.05, 3.63) is 30.3 Å². The molecule has 1 aliphatic heterocycles. The summed E-state index contributed by atoms with van der Waals surface area (Å²) in [6, 6.07) is 8.93. The number of anilines is 1. The molecule has 0 aromatic heterocycles. The first kappa shape index (κ1) is 17.3. The van der Waals surface area contributed by atoms with Gasteiger partial charge in [-0.3, -0.25) is 14.4 Å². The molecule has 0 spiro atoms. The number of carboxylic acid groups (broad SMARTS) is 1. The Hall–Kier alpha value is -2.02. The minimum atomic E-state index is -0.950. The average molecular weight is 336 g/mol. The smallest absolute Gasteiger partial charge is 0.313 e. The van der Waals surface area contributed by atoms with Crippen molar-refractivity contribution in [1.82, 2.24) is 4.90 Å². The van der Waals surface area contributed by atoms with Crippen LogP contribution in [-0.2, 0) is 14.4 Å². The van der Waals surface area contributed by atoms with Crippen LogP contribution in [0.25, 0.3) is 0 Å². The lowest BCUT2D eigenvalue weighted by atomic mass is 10.0. The van der Waals surface area contributed by atoms with Gasteiger partial charge in [-0.15, -0.1) is 11.8 Å². The molecule has 6 nitrogen and oxygen atoms in total. The van der Waals surface area contributed by atoms with Crippen molar-refractivity contribution in [2.45, 2.75) is 18.9 Å². The van der Waals surface area contributed by atoms with Gasteiger partial charge in [-0.05, 0) is 25.0 Å². The number of piperidine rings is 1. The predicted octanol–water partition coefficient (Wildman–Crippen LogP) is 1.46. The van der Waals surface area contributed by atoms with Crippen LogP contribution in [0.3, 0.4) is 0 Å². The van der Waals surface area contributed by atoms with Crippen molar-refractivity contribution in [3.63, 3.8) is 0 Å². The van der Waals surface area contributed by atoms with Crippen molar-refractivity contribution < 1.29 is 19.5 Å². The number of thioether (sulfide) groups is 1. The van der Waals surface area contributed by atoms with Gasteiger partial charge in [0.2, 0.25) is 11.8 Å². The Morgan fingerprint density at radius 3 is 2.65 bits per heavy atom. The first-order valence-corrected chi connectivity index (χ1v) is 8.58. The largest absolute Gasteiger partial charge is 0.481 e. The van der Waals surface area contributed by atoms with Crippen molar-refractivity contribution >= 4 is 35.2 Å². The Balaban J connectivity index is 2.00. The summed E-state index contributed by atoms with van der Waals surface area (Å²) >= 11 is 1.04. The van der Waals surface area contributed by atoms with Gasteiger partial charge in [-0.2, -0.15) is 0 Å². The first-order chi connectivity index (χ1) is 11.0. The van der Waals surface area contributed by atoms with Crippen LogP contribution in [0.5, 0.6) is 0 Å². The summed E-state index contributed by atoms with van der Waals surface area (Å²) in [6.45, 7) is 0.648. The van der Waals surface area contributed by atoms with E-state index in [9.17, 15) is 14.4 Å². The van der Waals surface area contributed by atoms with E-state index in [4.69, 9.17) is 5.11 Å². The molecule has 2 rings (SSSR count). The van der Waals surface area contributed by atoms with Gasteiger partial charge in [0.05, 0.1) is 11.5 Å². The molecule has 1 saturated heterocycles. The highest BCUT2D eigenvalue weighted by Gasteiger charge is 2.34. The van der Waals surface area contributed by atoms with Crippen LogP contribution in [0, 0.1) is 0 Å². The summed E-state index contributed by atoms with van der Waals surface area (Å²) in [5.74, 6) is -1.30. The standard InChI is InChI=1S/C16H20N2O4S/c1-17(14(19)10-23-11-15(20)21)13-8-5-9-18(16(13)22)12-6-3-2-4-7-12/h2-4,6-7,13H,5,8-11H2,1H3,(H,20,21). The number of likely N-dealkylation sites (N-methyl/N-ethyl adjacent to an activating group) is 1. The number of para-hydroxylation sites is 1. The third-order valence-electron chi connectivity index (χ3n) is 3.79. The number of carboxylic acids is 1. The van der Waals surface area contributed by atoms with E-state index < -0.39 is 12.0 Å². The molecule has 1 atom stereocenters. The van der Waals surface area contributed by atoms with Crippen LogP contribution in [-0.4, -0.2) is 58.9 Å². The highest BCUT2D eigenvalue weighted by Crippen LogP contribution is 2.23. The number of rotatable bonds is 6. The zero-order valence-corrected chi connectivity index (χ0v) is 13.8. The summed E-state index contributed by atoms with van der Waals surface area (Å²) < 4.78 is 0. The SMILES string of the molecule is CN(C(=O)CSCC(=O)O)C1CCCN(c2ccccc2)C1=O. The molecule has 2 amide bonds. The molecule has 0 aliphatic carbocycles. The number of carbonyl (C=O) groups excluding carboxylic acids is 2. The molecule has 124 valence electrons. The molecule has 1 aromatic carbocycles. The summed E-state index contributed by atoms with van der Waals surface area (Å²) in [5, 5.41) is 8.61. The van der Waals surface area contributed by atoms with E-state index in [1.807, 2.05) is 30.3 Å². The maximum Gasteiger partial charge on any atom is 0.313 e. The number of hydrogen-bond acceptors (Lipinski definition) is 4. The molecular formula is C16H20N2O4S. The van der Waals surface area contributed by atoms with E-state index >= 15 is 0 Å². The van der Waals surface area contributed by atoms with Crippen LogP contribution in [0.4, 0.5) is 5.69 Å². The fourth-order valence-corrected chi connectivity index (χ4v) is 3.24. The Labute approximate surface area is 139 Å². The molecule has 0 bridgehead atoms. The molecule has 1 aliphatic rings. The molecular weight excluding hydrogens is 316 g/mol. The van der Waals surface area contributed by atoms with Crippen molar-refractivity contribution in [2.75, 3.05) is 30.0 Å². The summed E-state index contributed by atoms with van der Waals surface area (Å²) in [5.41, 5.74) is 0.836. The quantitative estimate of drug-likeness (QED) is 0.851. The second kappa shape index (κ2) is 8.01. The lowest BCUT2D eigenvalue weighted by Gasteiger charge is -2.36. The van der Waals surface area contributed by atoms with Gasteiger partial charge in [0, 0.05) is 19.3 Å². The fourth-order valence-electron chi connectivity index (χ4n) is 2.58. The molecule has 1 fully saturated rings. The lowest BCUT2D eigenvalue weighted by molar-refractivity contribution is -0.137. The van der Waals surface area contributed by atoms with Crippen molar-refractivity contribution in [1.29, 1.82) is 0 Å².